The molecule has 0 aliphatic heterocycles. The van der Waals surface area contributed by atoms with Crippen molar-refractivity contribution in [1.29, 1.82) is 0 Å². The third-order valence-electron chi connectivity index (χ3n) is 4.33. The highest BCUT2D eigenvalue weighted by atomic mass is 16.3. The topological polar surface area (TPSA) is 32.3 Å². The summed E-state index contributed by atoms with van der Waals surface area (Å²) in [6.45, 7) is 13.0. The van der Waals surface area contributed by atoms with Gasteiger partial charge >= 0.3 is 0 Å². The Kier molecular flexibility index (Phi) is 6.53. The first-order valence-corrected chi connectivity index (χ1v) is 7.34. The number of benzene rings is 1. The van der Waals surface area contributed by atoms with E-state index in [1.54, 1.807) is 0 Å². The lowest BCUT2D eigenvalue weighted by molar-refractivity contribution is 0.186. The maximum atomic E-state index is 9.28. The zero-order chi connectivity index (χ0) is 14.4. The molecule has 0 fully saturated rings. The van der Waals surface area contributed by atoms with E-state index < -0.39 is 0 Å². The molecule has 19 heavy (non-hydrogen) atoms. The third kappa shape index (κ3) is 4.63. The highest BCUT2D eigenvalue weighted by Gasteiger charge is 2.11. The molecule has 0 aromatic heterocycles. The molecule has 1 rings (SSSR count). The minimum absolute atomic E-state index is 0.271. The van der Waals surface area contributed by atoms with Gasteiger partial charge in [-0.1, -0.05) is 26.0 Å². The van der Waals surface area contributed by atoms with Gasteiger partial charge < -0.3 is 10.4 Å². The molecule has 0 bridgehead atoms. The van der Waals surface area contributed by atoms with Gasteiger partial charge in [-0.3, -0.25) is 0 Å². The molecule has 0 spiro atoms. The van der Waals surface area contributed by atoms with Gasteiger partial charge in [-0.15, -0.1) is 0 Å². The van der Waals surface area contributed by atoms with Gasteiger partial charge in [0.05, 0.1) is 0 Å². The van der Waals surface area contributed by atoms with Crippen molar-refractivity contribution in [1.82, 2.24) is 5.32 Å². The van der Waals surface area contributed by atoms with Crippen molar-refractivity contribution >= 4 is 0 Å². The molecule has 0 amide bonds. The average molecular weight is 263 g/mol. The quantitative estimate of drug-likeness (QED) is 0.741. The molecular formula is C17H29NO. The average Bonchev–Trinajstić information content (AvgIpc) is 2.38. The van der Waals surface area contributed by atoms with Crippen LogP contribution in [-0.2, 0) is 6.42 Å². The van der Waals surface area contributed by atoms with E-state index in [0.717, 1.165) is 19.5 Å². The predicted octanol–water partition coefficient (Wildman–Crippen LogP) is 3.01. The Balaban J connectivity index is 2.44. The Morgan fingerprint density at radius 3 is 2.37 bits per heavy atom. The standard InChI is InChI=1S/C17H29NO/c1-12(2)17(11-19)10-18-9-8-16-7-6-13(3)14(4)15(16)5/h6-7,12,17-19H,8-11H2,1-5H3. The molecule has 0 aliphatic carbocycles. The molecule has 1 aromatic rings. The molecule has 108 valence electrons. The number of aliphatic hydroxyl groups is 1. The van der Waals surface area contributed by atoms with Gasteiger partial charge in [0.25, 0.3) is 0 Å². The largest absolute Gasteiger partial charge is 0.396 e. The van der Waals surface area contributed by atoms with E-state index in [2.05, 4.69) is 52.1 Å². The van der Waals surface area contributed by atoms with E-state index in [1.807, 2.05) is 0 Å². The summed E-state index contributed by atoms with van der Waals surface area (Å²) in [5.74, 6) is 0.890. The van der Waals surface area contributed by atoms with Crippen LogP contribution in [0.25, 0.3) is 0 Å². The normalized spacial score (nSPS) is 13.0. The van der Waals surface area contributed by atoms with Gasteiger partial charge in [0.2, 0.25) is 0 Å². The van der Waals surface area contributed by atoms with Crippen molar-refractivity contribution in [2.45, 2.75) is 41.0 Å². The van der Waals surface area contributed by atoms with Crippen LogP contribution in [-0.4, -0.2) is 24.8 Å². The molecule has 2 N–H and O–H groups in total. The van der Waals surface area contributed by atoms with E-state index in [-0.39, 0.29) is 6.61 Å². The Morgan fingerprint density at radius 2 is 1.79 bits per heavy atom. The van der Waals surface area contributed by atoms with Crippen molar-refractivity contribution < 1.29 is 5.11 Å². The molecule has 0 saturated heterocycles. The van der Waals surface area contributed by atoms with Crippen molar-refractivity contribution in [2.75, 3.05) is 19.7 Å². The molecule has 0 aliphatic rings. The van der Waals surface area contributed by atoms with Gasteiger partial charge in [0.15, 0.2) is 0 Å². The van der Waals surface area contributed by atoms with Crippen molar-refractivity contribution in [3.63, 3.8) is 0 Å². The smallest absolute Gasteiger partial charge is 0.0473 e. The lowest BCUT2D eigenvalue weighted by atomic mass is 9.96. The summed E-state index contributed by atoms with van der Waals surface area (Å²) in [4.78, 5) is 0. The molecule has 1 atom stereocenters. The second kappa shape index (κ2) is 7.66. The first kappa shape index (κ1) is 16.2. The van der Waals surface area contributed by atoms with Crippen LogP contribution >= 0.6 is 0 Å². The Bertz CT molecular complexity index is 398. The fourth-order valence-corrected chi connectivity index (χ4v) is 2.30. The Hall–Kier alpha value is -0.860. The van der Waals surface area contributed by atoms with Gasteiger partial charge in [-0.25, -0.2) is 0 Å². The third-order valence-corrected chi connectivity index (χ3v) is 4.33. The van der Waals surface area contributed by atoms with Gasteiger partial charge in [-0.05, 0) is 67.8 Å². The van der Waals surface area contributed by atoms with Crippen molar-refractivity contribution in [3.8, 4) is 0 Å². The second-order valence-electron chi connectivity index (χ2n) is 5.93. The van der Waals surface area contributed by atoms with E-state index in [1.165, 1.54) is 22.3 Å². The van der Waals surface area contributed by atoms with Crippen LogP contribution in [0.1, 0.15) is 36.1 Å². The number of aryl methyl sites for hydroxylation is 1. The minimum atomic E-state index is 0.271. The first-order chi connectivity index (χ1) is 8.97. The Morgan fingerprint density at radius 1 is 1.11 bits per heavy atom. The summed E-state index contributed by atoms with van der Waals surface area (Å²) in [7, 11) is 0. The van der Waals surface area contributed by atoms with Crippen molar-refractivity contribution in [2.24, 2.45) is 11.8 Å². The minimum Gasteiger partial charge on any atom is -0.396 e. The highest BCUT2D eigenvalue weighted by Crippen LogP contribution is 2.17. The number of aliphatic hydroxyl groups excluding tert-OH is 1. The fourth-order valence-electron chi connectivity index (χ4n) is 2.30. The number of hydrogen-bond donors (Lipinski definition) is 2. The zero-order valence-corrected chi connectivity index (χ0v) is 13.1. The maximum Gasteiger partial charge on any atom is 0.0473 e. The monoisotopic (exact) mass is 263 g/mol. The van der Waals surface area contributed by atoms with E-state index in [9.17, 15) is 5.11 Å². The van der Waals surface area contributed by atoms with Crippen LogP contribution in [0.3, 0.4) is 0 Å². The molecule has 0 radical (unpaired) electrons. The molecular weight excluding hydrogens is 234 g/mol. The van der Waals surface area contributed by atoms with E-state index in [0.29, 0.717) is 11.8 Å². The van der Waals surface area contributed by atoms with Gasteiger partial charge in [0, 0.05) is 13.2 Å². The summed E-state index contributed by atoms with van der Waals surface area (Å²) < 4.78 is 0. The molecule has 1 aromatic carbocycles. The Labute approximate surface area is 118 Å². The number of hydrogen-bond acceptors (Lipinski definition) is 2. The summed E-state index contributed by atoms with van der Waals surface area (Å²) >= 11 is 0. The van der Waals surface area contributed by atoms with Crippen LogP contribution in [0.4, 0.5) is 0 Å². The van der Waals surface area contributed by atoms with Crippen LogP contribution in [0.5, 0.6) is 0 Å². The molecule has 0 saturated carbocycles. The molecule has 2 nitrogen and oxygen atoms in total. The second-order valence-corrected chi connectivity index (χ2v) is 5.93. The molecule has 1 unspecified atom stereocenters. The number of nitrogens with one attached hydrogen (secondary N) is 1. The van der Waals surface area contributed by atoms with Crippen LogP contribution < -0.4 is 5.32 Å². The maximum absolute atomic E-state index is 9.28. The fraction of sp³-hybridized carbons (Fsp3) is 0.647. The summed E-state index contributed by atoms with van der Waals surface area (Å²) in [5, 5.41) is 12.8. The summed E-state index contributed by atoms with van der Waals surface area (Å²) in [5.41, 5.74) is 5.63. The lowest BCUT2D eigenvalue weighted by Gasteiger charge is -2.19. The lowest BCUT2D eigenvalue weighted by Crippen LogP contribution is -2.30. The van der Waals surface area contributed by atoms with Gasteiger partial charge in [-0.2, -0.15) is 0 Å². The zero-order valence-electron chi connectivity index (χ0n) is 13.1. The summed E-state index contributed by atoms with van der Waals surface area (Å²) in [6.07, 6.45) is 1.06. The van der Waals surface area contributed by atoms with E-state index in [4.69, 9.17) is 0 Å². The van der Waals surface area contributed by atoms with Crippen LogP contribution in [0, 0.1) is 32.6 Å². The SMILES string of the molecule is Cc1ccc(CCNCC(CO)C(C)C)c(C)c1C. The van der Waals surface area contributed by atoms with Crippen LogP contribution in [0.2, 0.25) is 0 Å². The highest BCUT2D eigenvalue weighted by molar-refractivity contribution is 5.38. The van der Waals surface area contributed by atoms with Crippen molar-refractivity contribution in [3.05, 3.63) is 34.4 Å². The summed E-state index contributed by atoms with van der Waals surface area (Å²) in [6, 6.07) is 4.45. The van der Waals surface area contributed by atoms with E-state index >= 15 is 0 Å². The number of rotatable bonds is 7. The van der Waals surface area contributed by atoms with Gasteiger partial charge in [0.1, 0.15) is 0 Å². The predicted molar refractivity (Wildman–Crippen MR) is 82.6 cm³/mol. The van der Waals surface area contributed by atoms with Crippen LogP contribution in [0.15, 0.2) is 12.1 Å². The molecule has 0 heterocycles. The first-order valence-electron chi connectivity index (χ1n) is 7.34. The molecule has 2 heteroatoms.